The number of carbonyl (C=O) groups is 1. The predicted molar refractivity (Wildman–Crippen MR) is 89.0 cm³/mol. The molecule has 3 rings (SSSR count). The van der Waals surface area contributed by atoms with E-state index in [4.69, 9.17) is 4.74 Å². The minimum absolute atomic E-state index is 0.0464. The number of ether oxygens (including phenoxy) is 1. The highest BCUT2D eigenvalue weighted by molar-refractivity contribution is 5.79. The number of carbonyl (C=O) groups excluding carboxylic acids is 1. The van der Waals surface area contributed by atoms with Crippen molar-refractivity contribution in [2.24, 2.45) is 0 Å². The number of amides is 1. The highest BCUT2D eigenvalue weighted by Crippen LogP contribution is 2.25. The predicted octanol–water partition coefficient (Wildman–Crippen LogP) is 2.92. The van der Waals surface area contributed by atoms with Crippen LogP contribution in [0.25, 0.3) is 0 Å². The van der Waals surface area contributed by atoms with Crippen LogP contribution in [-0.2, 0) is 16.0 Å². The molecule has 1 aliphatic heterocycles. The van der Waals surface area contributed by atoms with Crippen molar-refractivity contribution in [3.05, 3.63) is 65.5 Å². The van der Waals surface area contributed by atoms with Crippen LogP contribution in [0.15, 0.2) is 48.8 Å². The number of aromatic nitrogens is 1. The first kappa shape index (κ1) is 15.7. The number of aryl methyl sites for hydroxylation is 1. The third-order valence-corrected chi connectivity index (χ3v) is 4.40. The minimum atomic E-state index is -0.0464. The van der Waals surface area contributed by atoms with E-state index in [0.29, 0.717) is 19.6 Å². The van der Waals surface area contributed by atoms with Gasteiger partial charge in [-0.3, -0.25) is 9.78 Å². The molecule has 1 saturated heterocycles. The van der Waals surface area contributed by atoms with Gasteiger partial charge >= 0.3 is 0 Å². The maximum absolute atomic E-state index is 12.8. The smallest absolute Gasteiger partial charge is 0.227 e. The summed E-state index contributed by atoms with van der Waals surface area (Å²) in [6, 6.07) is 12.1. The van der Waals surface area contributed by atoms with Gasteiger partial charge < -0.3 is 9.64 Å². The molecule has 2 aromatic rings. The molecular weight excluding hydrogens is 288 g/mol. The Kier molecular flexibility index (Phi) is 4.72. The Hall–Kier alpha value is -2.20. The van der Waals surface area contributed by atoms with Crippen LogP contribution in [0, 0.1) is 6.92 Å². The van der Waals surface area contributed by atoms with Gasteiger partial charge in [0.05, 0.1) is 25.6 Å². The quantitative estimate of drug-likeness (QED) is 0.875. The third-order valence-electron chi connectivity index (χ3n) is 4.40. The normalized spacial score (nSPS) is 21.2. The molecule has 2 heterocycles. The van der Waals surface area contributed by atoms with Crippen molar-refractivity contribution < 1.29 is 9.53 Å². The van der Waals surface area contributed by atoms with Gasteiger partial charge in [0.1, 0.15) is 6.10 Å². The van der Waals surface area contributed by atoms with Crippen LogP contribution in [0.2, 0.25) is 0 Å². The Morgan fingerprint density at radius 1 is 1.30 bits per heavy atom. The average molecular weight is 310 g/mol. The van der Waals surface area contributed by atoms with E-state index in [1.807, 2.05) is 43.0 Å². The fourth-order valence-electron chi connectivity index (χ4n) is 2.94. The van der Waals surface area contributed by atoms with Crippen LogP contribution in [0.5, 0.6) is 0 Å². The summed E-state index contributed by atoms with van der Waals surface area (Å²) < 4.78 is 5.93. The second-order valence-corrected chi connectivity index (χ2v) is 6.11. The summed E-state index contributed by atoms with van der Waals surface area (Å²) in [4.78, 5) is 18.8. The first-order chi connectivity index (χ1) is 11.1. The second kappa shape index (κ2) is 6.92. The van der Waals surface area contributed by atoms with E-state index in [-0.39, 0.29) is 18.1 Å². The maximum atomic E-state index is 12.8. The Balaban J connectivity index is 1.72. The van der Waals surface area contributed by atoms with Gasteiger partial charge in [0.2, 0.25) is 5.91 Å². The Labute approximate surface area is 137 Å². The lowest BCUT2D eigenvalue weighted by molar-refractivity contribution is -0.143. The van der Waals surface area contributed by atoms with Crippen molar-refractivity contribution in [1.82, 2.24) is 9.88 Å². The van der Waals surface area contributed by atoms with E-state index in [1.165, 1.54) is 0 Å². The monoisotopic (exact) mass is 310 g/mol. The minimum Gasteiger partial charge on any atom is -0.370 e. The Bertz CT molecular complexity index is 672. The van der Waals surface area contributed by atoms with Crippen molar-refractivity contribution in [3.63, 3.8) is 0 Å². The lowest BCUT2D eigenvalue weighted by Crippen LogP contribution is -2.48. The van der Waals surface area contributed by atoms with E-state index < -0.39 is 0 Å². The van der Waals surface area contributed by atoms with Gasteiger partial charge in [0, 0.05) is 12.4 Å². The van der Waals surface area contributed by atoms with Crippen LogP contribution in [0.1, 0.15) is 29.7 Å². The molecule has 1 aromatic carbocycles. The number of pyridine rings is 1. The molecule has 0 radical (unpaired) electrons. The largest absolute Gasteiger partial charge is 0.370 e. The van der Waals surface area contributed by atoms with Crippen LogP contribution in [-0.4, -0.2) is 35.0 Å². The van der Waals surface area contributed by atoms with E-state index in [2.05, 4.69) is 17.1 Å². The molecule has 1 amide bonds. The van der Waals surface area contributed by atoms with Crippen molar-refractivity contribution in [3.8, 4) is 0 Å². The zero-order valence-corrected chi connectivity index (χ0v) is 13.6. The number of nitrogens with zero attached hydrogens (tertiary/aromatic N) is 2. The second-order valence-electron chi connectivity index (χ2n) is 6.11. The van der Waals surface area contributed by atoms with Crippen molar-refractivity contribution >= 4 is 5.91 Å². The van der Waals surface area contributed by atoms with Gasteiger partial charge in [-0.2, -0.15) is 0 Å². The van der Waals surface area contributed by atoms with Crippen molar-refractivity contribution in [2.75, 3.05) is 13.2 Å². The molecule has 1 aliphatic rings. The first-order valence-electron chi connectivity index (χ1n) is 8.00. The van der Waals surface area contributed by atoms with E-state index in [1.54, 1.807) is 12.4 Å². The standard InChI is InChI=1S/C19H22N2O2/c1-14-11-20-9-8-17(14)10-19(22)21-12-18(23-13-15(21)2)16-6-4-3-5-7-16/h3-9,11,15,18H,10,12-13H2,1-2H3/t15-,18-/m1/s1. The molecule has 120 valence electrons. The van der Waals surface area contributed by atoms with E-state index in [9.17, 15) is 4.79 Å². The molecule has 0 saturated carbocycles. The highest BCUT2D eigenvalue weighted by Gasteiger charge is 2.30. The Morgan fingerprint density at radius 2 is 2.09 bits per heavy atom. The highest BCUT2D eigenvalue weighted by atomic mass is 16.5. The number of morpholine rings is 1. The fourth-order valence-corrected chi connectivity index (χ4v) is 2.94. The van der Waals surface area contributed by atoms with Crippen LogP contribution < -0.4 is 0 Å². The SMILES string of the molecule is Cc1cnccc1CC(=O)N1C[C@H](c2ccccc2)OC[C@H]1C. The summed E-state index contributed by atoms with van der Waals surface area (Å²) in [5.41, 5.74) is 3.22. The summed E-state index contributed by atoms with van der Waals surface area (Å²) in [6.07, 6.45) is 3.92. The molecule has 0 bridgehead atoms. The van der Waals surface area contributed by atoms with Gasteiger partial charge in [-0.05, 0) is 36.6 Å². The van der Waals surface area contributed by atoms with Gasteiger partial charge in [0.25, 0.3) is 0 Å². The number of hydrogen-bond acceptors (Lipinski definition) is 3. The lowest BCUT2D eigenvalue weighted by Gasteiger charge is -2.38. The van der Waals surface area contributed by atoms with Crippen molar-refractivity contribution in [1.29, 1.82) is 0 Å². The third kappa shape index (κ3) is 3.59. The summed E-state index contributed by atoms with van der Waals surface area (Å²) in [5, 5.41) is 0. The molecule has 4 heteroatoms. The van der Waals surface area contributed by atoms with Crippen LogP contribution >= 0.6 is 0 Å². The lowest BCUT2D eigenvalue weighted by atomic mass is 10.0. The Morgan fingerprint density at radius 3 is 2.83 bits per heavy atom. The summed E-state index contributed by atoms with van der Waals surface area (Å²) in [6.45, 7) is 5.21. The maximum Gasteiger partial charge on any atom is 0.227 e. The van der Waals surface area contributed by atoms with Crippen LogP contribution in [0.3, 0.4) is 0 Å². The van der Waals surface area contributed by atoms with Gasteiger partial charge in [-0.15, -0.1) is 0 Å². The van der Waals surface area contributed by atoms with Gasteiger partial charge in [-0.25, -0.2) is 0 Å². The summed E-state index contributed by atoms with van der Waals surface area (Å²) >= 11 is 0. The van der Waals surface area contributed by atoms with Crippen molar-refractivity contribution in [2.45, 2.75) is 32.4 Å². The molecular formula is C19H22N2O2. The molecule has 2 atom stereocenters. The molecule has 0 unspecified atom stereocenters. The number of hydrogen-bond donors (Lipinski definition) is 0. The summed E-state index contributed by atoms with van der Waals surface area (Å²) in [7, 11) is 0. The molecule has 0 spiro atoms. The van der Waals surface area contributed by atoms with Gasteiger partial charge in [-0.1, -0.05) is 30.3 Å². The zero-order chi connectivity index (χ0) is 16.2. The van der Waals surface area contributed by atoms with E-state index in [0.717, 1.165) is 16.7 Å². The van der Waals surface area contributed by atoms with E-state index >= 15 is 0 Å². The fraction of sp³-hybridized carbons (Fsp3) is 0.368. The zero-order valence-electron chi connectivity index (χ0n) is 13.6. The molecule has 1 fully saturated rings. The number of rotatable bonds is 3. The van der Waals surface area contributed by atoms with Gasteiger partial charge in [0.15, 0.2) is 0 Å². The average Bonchev–Trinajstić information content (AvgIpc) is 2.58. The summed E-state index contributed by atoms with van der Waals surface area (Å²) in [5.74, 6) is 0.149. The topological polar surface area (TPSA) is 42.4 Å². The van der Waals surface area contributed by atoms with Crippen LogP contribution in [0.4, 0.5) is 0 Å². The molecule has 1 aromatic heterocycles. The first-order valence-corrected chi connectivity index (χ1v) is 8.00. The molecule has 0 N–H and O–H groups in total. The molecule has 23 heavy (non-hydrogen) atoms. The molecule has 0 aliphatic carbocycles. The number of benzene rings is 1. The molecule has 4 nitrogen and oxygen atoms in total.